The van der Waals surface area contributed by atoms with Gasteiger partial charge in [-0.15, -0.1) is 0 Å². The first-order valence-electron chi connectivity index (χ1n) is 6.64. The van der Waals surface area contributed by atoms with Crippen LogP contribution in [0.15, 0.2) is 35.4 Å². The summed E-state index contributed by atoms with van der Waals surface area (Å²) >= 11 is 5.28. The largest absolute Gasteiger partial charge is 0.250 e. The van der Waals surface area contributed by atoms with E-state index in [1.165, 1.54) is 25.0 Å². The highest BCUT2D eigenvalue weighted by Gasteiger charge is 2.11. The van der Waals surface area contributed by atoms with Crippen LogP contribution in [0.2, 0.25) is 0 Å². The Balaban J connectivity index is 2.02. The molecule has 19 heavy (non-hydrogen) atoms. The monoisotopic (exact) mass is 272 g/mol. The van der Waals surface area contributed by atoms with Gasteiger partial charge in [-0.25, -0.2) is 5.10 Å². The van der Waals surface area contributed by atoms with E-state index in [-0.39, 0.29) is 0 Å². The number of nitrogens with one attached hydrogen (secondary N) is 1. The van der Waals surface area contributed by atoms with E-state index in [0.717, 1.165) is 24.2 Å². The maximum Gasteiger partial charge on any atom is 0.216 e. The number of H-pyrrole nitrogens is 1. The van der Waals surface area contributed by atoms with Crippen molar-refractivity contribution in [2.75, 3.05) is 0 Å². The van der Waals surface area contributed by atoms with Crippen LogP contribution in [-0.4, -0.2) is 20.6 Å². The fraction of sp³-hybridized carbons (Fsp3) is 0.357. The van der Waals surface area contributed by atoms with Gasteiger partial charge in [0.05, 0.1) is 0 Å². The summed E-state index contributed by atoms with van der Waals surface area (Å²) in [5.41, 5.74) is 2.25. The number of nitrogens with zero attached hydrogens (tertiary/aromatic N) is 3. The molecular weight excluding hydrogens is 256 g/mol. The van der Waals surface area contributed by atoms with E-state index in [0.29, 0.717) is 4.77 Å². The molecule has 0 amide bonds. The van der Waals surface area contributed by atoms with Crippen molar-refractivity contribution in [3.05, 3.63) is 35.1 Å². The van der Waals surface area contributed by atoms with Gasteiger partial charge in [-0.3, -0.25) is 0 Å². The first-order valence-corrected chi connectivity index (χ1v) is 7.05. The second kappa shape index (κ2) is 5.48. The lowest BCUT2D eigenvalue weighted by molar-refractivity contribution is 0.656. The molecule has 0 bridgehead atoms. The zero-order chi connectivity index (χ0) is 13.1. The molecule has 0 aliphatic heterocycles. The second-order valence-electron chi connectivity index (χ2n) is 4.76. The molecule has 0 radical (unpaired) electrons. The SMILES string of the molecule is S=c1[nH]nc(-c2ccccc2)n1N=C1CCCCC1. The number of aromatic nitrogens is 3. The summed E-state index contributed by atoms with van der Waals surface area (Å²) in [7, 11) is 0. The lowest BCUT2D eigenvalue weighted by atomic mass is 9.99. The van der Waals surface area contributed by atoms with Gasteiger partial charge in [-0.2, -0.15) is 14.9 Å². The van der Waals surface area contributed by atoms with Gasteiger partial charge in [-0.05, 0) is 37.9 Å². The Morgan fingerprint density at radius 3 is 2.58 bits per heavy atom. The van der Waals surface area contributed by atoms with Crippen molar-refractivity contribution in [3.63, 3.8) is 0 Å². The Morgan fingerprint density at radius 1 is 1.11 bits per heavy atom. The lowest BCUT2D eigenvalue weighted by Crippen LogP contribution is -2.08. The Morgan fingerprint density at radius 2 is 1.84 bits per heavy atom. The Bertz CT molecular complexity index is 631. The average molecular weight is 272 g/mol. The molecule has 2 aromatic rings. The summed E-state index contributed by atoms with van der Waals surface area (Å²) in [5.74, 6) is 0.781. The number of hydrogen-bond donors (Lipinski definition) is 1. The van der Waals surface area contributed by atoms with E-state index >= 15 is 0 Å². The molecule has 5 heteroatoms. The number of hydrogen-bond acceptors (Lipinski definition) is 3. The van der Waals surface area contributed by atoms with Crippen LogP contribution < -0.4 is 0 Å². The molecule has 1 aromatic carbocycles. The predicted molar refractivity (Wildman–Crippen MR) is 78.8 cm³/mol. The molecular formula is C14H16N4S. The molecule has 1 saturated carbocycles. The molecule has 1 aliphatic carbocycles. The van der Waals surface area contributed by atoms with Crippen LogP contribution in [0.25, 0.3) is 11.4 Å². The molecule has 0 atom stereocenters. The van der Waals surface area contributed by atoms with Gasteiger partial charge in [0.2, 0.25) is 4.77 Å². The van der Waals surface area contributed by atoms with E-state index < -0.39 is 0 Å². The number of rotatable bonds is 2. The molecule has 1 aromatic heterocycles. The minimum absolute atomic E-state index is 0.553. The third-order valence-corrected chi connectivity index (χ3v) is 3.62. The van der Waals surface area contributed by atoms with Gasteiger partial charge in [0.25, 0.3) is 0 Å². The van der Waals surface area contributed by atoms with Crippen molar-refractivity contribution in [3.8, 4) is 11.4 Å². The van der Waals surface area contributed by atoms with Crippen LogP contribution in [0.5, 0.6) is 0 Å². The molecule has 1 heterocycles. The maximum absolute atomic E-state index is 5.28. The molecule has 3 rings (SSSR count). The van der Waals surface area contributed by atoms with Crippen molar-refractivity contribution in [1.29, 1.82) is 0 Å². The van der Waals surface area contributed by atoms with E-state index in [2.05, 4.69) is 15.3 Å². The van der Waals surface area contributed by atoms with Crippen LogP contribution in [0.3, 0.4) is 0 Å². The molecule has 1 fully saturated rings. The van der Waals surface area contributed by atoms with Crippen LogP contribution >= 0.6 is 12.2 Å². The van der Waals surface area contributed by atoms with Crippen molar-refractivity contribution >= 4 is 17.9 Å². The zero-order valence-electron chi connectivity index (χ0n) is 10.7. The van der Waals surface area contributed by atoms with Gasteiger partial charge >= 0.3 is 0 Å². The normalized spacial score (nSPS) is 15.5. The summed E-state index contributed by atoms with van der Waals surface area (Å²) in [4.78, 5) is 0. The predicted octanol–water partition coefficient (Wildman–Crippen LogP) is 3.78. The Kier molecular flexibility index (Phi) is 3.55. The average Bonchev–Trinajstić information content (AvgIpc) is 2.82. The van der Waals surface area contributed by atoms with Crippen molar-refractivity contribution < 1.29 is 0 Å². The minimum atomic E-state index is 0.553. The smallest absolute Gasteiger partial charge is 0.216 e. The third-order valence-electron chi connectivity index (χ3n) is 3.35. The molecule has 1 N–H and O–H groups in total. The van der Waals surface area contributed by atoms with Gasteiger partial charge in [0.1, 0.15) is 0 Å². The topological polar surface area (TPSA) is 46.0 Å². The summed E-state index contributed by atoms with van der Waals surface area (Å²) in [6.07, 6.45) is 5.90. The van der Waals surface area contributed by atoms with Gasteiger partial charge < -0.3 is 0 Å². The fourth-order valence-electron chi connectivity index (χ4n) is 2.36. The molecule has 0 saturated heterocycles. The second-order valence-corrected chi connectivity index (χ2v) is 5.14. The van der Waals surface area contributed by atoms with E-state index in [1.807, 2.05) is 30.3 Å². The third kappa shape index (κ3) is 2.66. The first kappa shape index (κ1) is 12.3. The van der Waals surface area contributed by atoms with Crippen LogP contribution in [-0.2, 0) is 0 Å². The summed E-state index contributed by atoms with van der Waals surface area (Å²) in [6.45, 7) is 0. The summed E-state index contributed by atoms with van der Waals surface area (Å²) in [5, 5.41) is 11.8. The highest BCUT2D eigenvalue weighted by molar-refractivity contribution is 7.71. The summed E-state index contributed by atoms with van der Waals surface area (Å²) < 4.78 is 2.31. The number of benzene rings is 1. The van der Waals surface area contributed by atoms with Crippen LogP contribution in [0, 0.1) is 4.77 Å². The van der Waals surface area contributed by atoms with Gasteiger partial charge in [-0.1, -0.05) is 36.8 Å². The fourth-order valence-corrected chi connectivity index (χ4v) is 2.53. The standard InChI is InChI=1S/C14H16N4S/c19-14-16-15-13(11-7-3-1-4-8-11)18(14)17-12-9-5-2-6-10-12/h1,3-4,7-8H,2,5-6,9-10H2,(H,16,19). The van der Waals surface area contributed by atoms with E-state index in [4.69, 9.17) is 12.2 Å². The number of aromatic amines is 1. The van der Waals surface area contributed by atoms with Crippen LogP contribution in [0.1, 0.15) is 32.1 Å². The zero-order valence-corrected chi connectivity index (χ0v) is 11.5. The van der Waals surface area contributed by atoms with Crippen molar-refractivity contribution in [1.82, 2.24) is 14.9 Å². The Hall–Kier alpha value is -1.75. The minimum Gasteiger partial charge on any atom is -0.250 e. The van der Waals surface area contributed by atoms with Gasteiger partial charge in [0.15, 0.2) is 5.82 Å². The highest BCUT2D eigenvalue weighted by Crippen LogP contribution is 2.19. The van der Waals surface area contributed by atoms with Crippen LogP contribution in [0.4, 0.5) is 0 Å². The lowest BCUT2D eigenvalue weighted by Gasteiger charge is -2.12. The summed E-state index contributed by atoms with van der Waals surface area (Å²) in [6, 6.07) is 10.0. The van der Waals surface area contributed by atoms with Crippen molar-refractivity contribution in [2.24, 2.45) is 5.10 Å². The molecule has 1 aliphatic rings. The quantitative estimate of drug-likeness (QED) is 0.846. The first-order chi connectivity index (χ1) is 9.34. The Labute approximate surface area is 117 Å². The maximum atomic E-state index is 5.28. The molecule has 0 unspecified atom stereocenters. The highest BCUT2D eigenvalue weighted by atomic mass is 32.1. The molecule has 98 valence electrons. The van der Waals surface area contributed by atoms with Crippen molar-refractivity contribution in [2.45, 2.75) is 32.1 Å². The molecule has 0 spiro atoms. The van der Waals surface area contributed by atoms with Gasteiger partial charge in [0, 0.05) is 11.3 Å². The van der Waals surface area contributed by atoms with E-state index in [9.17, 15) is 0 Å². The molecule has 4 nitrogen and oxygen atoms in total. The van der Waals surface area contributed by atoms with E-state index in [1.54, 1.807) is 4.68 Å².